The van der Waals surface area contributed by atoms with E-state index in [4.69, 9.17) is 4.74 Å². The van der Waals surface area contributed by atoms with Gasteiger partial charge in [0, 0.05) is 6.04 Å². The molecule has 1 aliphatic rings. The van der Waals surface area contributed by atoms with E-state index in [0.717, 1.165) is 36.1 Å². The van der Waals surface area contributed by atoms with E-state index in [1.165, 1.54) is 6.07 Å². The number of nitrogens with zero attached hydrogens (tertiary/aromatic N) is 1. The van der Waals surface area contributed by atoms with E-state index < -0.39 is 0 Å². The van der Waals surface area contributed by atoms with E-state index in [1.807, 2.05) is 37.3 Å². The Hall–Kier alpha value is -1.88. The van der Waals surface area contributed by atoms with Crippen molar-refractivity contribution in [1.29, 1.82) is 0 Å². The summed E-state index contributed by atoms with van der Waals surface area (Å²) in [5.41, 5.74) is 2.52. The maximum atomic E-state index is 13.8. The number of amides is 1. The lowest BCUT2D eigenvalue weighted by Crippen LogP contribution is -2.43. The molecule has 3 rings (SSSR count). The second kappa shape index (κ2) is 7.34. The molecule has 1 heterocycles. The molecule has 5 heteroatoms. The minimum Gasteiger partial charge on any atom is -0.444 e. The molecule has 126 valence electrons. The fraction of sp³-hybridized carbons (Fsp3) is 0.316. The first-order valence-electron chi connectivity index (χ1n) is 8.08. The fourth-order valence-corrected chi connectivity index (χ4v) is 3.40. The largest absolute Gasteiger partial charge is 0.444 e. The van der Waals surface area contributed by atoms with Crippen LogP contribution in [0.2, 0.25) is 0 Å². The van der Waals surface area contributed by atoms with Gasteiger partial charge in [-0.25, -0.2) is 9.18 Å². The van der Waals surface area contributed by atoms with Crippen LogP contribution < -0.4 is 4.90 Å². The molecular formula is C19H19BrFNO2. The molecule has 1 amide bonds. The highest BCUT2D eigenvalue weighted by Crippen LogP contribution is 2.36. The average Bonchev–Trinajstić information content (AvgIpc) is 2.60. The van der Waals surface area contributed by atoms with Gasteiger partial charge in [-0.2, -0.15) is 0 Å². The maximum Gasteiger partial charge on any atom is 0.414 e. The molecule has 24 heavy (non-hydrogen) atoms. The first-order chi connectivity index (χ1) is 11.6. The Morgan fingerprint density at radius 2 is 2.08 bits per heavy atom. The molecule has 2 aromatic carbocycles. The van der Waals surface area contributed by atoms with Crippen molar-refractivity contribution >= 4 is 27.7 Å². The summed E-state index contributed by atoms with van der Waals surface area (Å²) in [4.78, 5) is 14.4. The minimum atomic E-state index is -0.384. The maximum absolute atomic E-state index is 13.8. The zero-order valence-corrected chi connectivity index (χ0v) is 15.1. The Kier molecular flexibility index (Phi) is 5.19. The van der Waals surface area contributed by atoms with Crippen LogP contribution in [0.1, 0.15) is 30.9 Å². The second-order valence-corrected chi connectivity index (χ2v) is 6.76. The average molecular weight is 392 g/mol. The van der Waals surface area contributed by atoms with Crippen molar-refractivity contribution in [2.45, 2.75) is 38.8 Å². The Labute approximate surface area is 149 Å². The zero-order chi connectivity index (χ0) is 17.1. The van der Waals surface area contributed by atoms with Crippen molar-refractivity contribution in [3.05, 3.63) is 63.9 Å². The van der Waals surface area contributed by atoms with Gasteiger partial charge in [-0.15, -0.1) is 0 Å². The number of hydrogen-bond acceptors (Lipinski definition) is 2. The van der Waals surface area contributed by atoms with Crippen molar-refractivity contribution in [3.8, 4) is 0 Å². The Morgan fingerprint density at radius 3 is 2.79 bits per heavy atom. The molecule has 3 nitrogen and oxygen atoms in total. The number of aryl methyl sites for hydroxylation is 1. The van der Waals surface area contributed by atoms with Crippen LogP contribution >= 0.6 is 15.9 Å². The number of benzene rings is 2. The molecule has 1 unspecified atom stereocenters. The molecule has 0 aliphatic carbocycles. The van der Waals surface area contributed by atoms with Gasteiger partial charge in [0.05, 0.1) is 10.2 Å². The highest BCUT2D eigenvalue weighted by molar-refractivity contribution is 9.10. The van der Waals surface area contributed by atoms with E-state index in [9.17, 15) is 9.18 Å². The van der Waals surface area contributed by atoms with Crippen molar-refractivity contribution in [2.24, 2.45) is 0 Å². The van der Waals surface area contributed by atoms with Gasteiger partial charge in [0.1, 0.15) is 12.4 Å². The van der Waals surface area contributed by atoms with Gasteiger partial charge in [0.25, 0.3) is 0 Å². The molecule has 0 aromatic heterocycles. The van der Waals surface area contributed by atoms with Gasteiger partial charge in [-0.1, -0.05) is 37.3 Å². The number of halogens is 2. The molecular weight excluding hydrogens is 373 g/mol. The monoisotopic (exact) mass is 391 g/mol. The molecule has 0 bridgehead atoms. The van der Waals surface area contributed by atoms with Crippen LogP contribution in [0.5, 0.6) is 0 Å². The highest BCUT2D eigenvalue weighted by Gasteiger charge is 2.32. The number of carbonyl (C=O) groups is 1. The SMILES string of the molecule is CCC1CCc2cc(F)c(Br)cc2N1C(=O)OCc1ccccc1. The normalized spacial score (nSPS) is 16.6. The van der Waals surface area contributed by atoms with Gasteiger partial charge in [-0.3, -0.25) is 4.90 Å². The van der Waals surface area contributed by atoms with Crippen molar-refractivity contribution in [3.63, 3.8) is 0 Å². The summed E-state index contributed by atoms with van der Waals surface area (Å²) in [6.07, 6.45) is 2.02. The molecule has 1 atom stereocenters. The van der Waals surface area contributed by atoms with E-state index in [-0.39, 0.29) is 24.6 Å². The smallest absolute Gasteiger partial charge is 0.414 e. The fourth-order valence-electron chi connectivity index (χ4n) is 3.07. The summed E-state index contributed by atoms with van der Waals surface area (Å²) in [5, 5.41) is 0. The van der Waals surface area contributed by atoms with Gasteiger partial charge in [0.15, 0.2) is 0 Å². The summed E-state index contributed by atoms with van der Waals surface area (Å²) >= 11 is 3.21. The summed E-state index contributed by atoms with van der Waals surface area (Å²) in [7, 11) is 0. The van der Waals surface area contributed by atoms with Crippen LogP contribution in [-0.4, -0.2) is 12.1 Å². The third-order valence-electron chi connectivity index (χ3n) is 4.37. The molecule has 0 fully saturated rings. The Morgan fingerprint density at radius 1 is 1.33 bits per heavy atom. The molecule has 0 saturated heterocycles. The zero-order valence-electron chi connectivity index (χ0n) is 13.5. The van der Waals surface area contributed by atoms with E-state index in [0.29, 0.717) is 4.47 Å². The lowest BCUT2D eigenvalue weighted by atomic mass is 9.94. The highest BCUT2D eigenvalue weighted by atomic mass is 79.9. The molecule has 0 N–H and O–H groups in total. The van der Waals surface area contributed by atoms with Crippen molar-refractivity contribution < 1.29 is 13.9 Å². The van der Waals surface area contributed by atoms with Crippen LogP contribution in [-0.2, 0) is 17.8 Å². The molecule has 0 spiro atoms. The lowest BCUT2D eigenvalue weighted by molar-refractivity contribution is 0.143. The number of rotatable bonds is 3. The Balaban J connectivity index is 1.84. The van der Waals surface area contributed by atoms with Gasteiger partial charge in [-0.05, 0) is 58.5 Å². The predicted octanol–water partition coefficient (Wildman–Crippen LogP) is 5.46. The standard InChI is InChI=1S/C19H19BrFNO2/c1-2-15-9-8-14-10-17(21)16(20)11-18(14)22(15)19(23)24-12-13-6-4-3-5-7-13/h3-7,10-11,15H,2,8-9,12H2,1H3. The van der Waals surface area contributed by atoms with Crippen LogP contribution in [0.3, 0.4) is 0 Å². The number of fused-ring (bicyclic) bond motifs is 1. The Bertz CT molecular complexity index is 736. The minimum absolute atomic E-state index is 0.0677. The number of hydrogen-bond donors (Lipinski definition) is 0. The predicted molar refractivity (Wildman–Crippen MR) is 95.6 cm³/mol. The van der Waals surface area contributed by atoms with Crippen molar-refractivity contribution in [2.75, 3.05) is 4.90 Å². The molecule has 0 saturated carbocycles. The van der Waals surface area contributed by atoms with Crippen LogP contribution in [0, 0.1) is 5.82 Å². The number of carbonyl (C=O) groups excluding carboxylic acids is 1. The van der Waals surface area contributed by atoms with E-state index in [1.54, 1.807) is 11.0 Å². The third-order valence-corrected chi connectivity index (χ3v) is 4.97. The third kappa shape index (κ3) is 3.46. The first-order valence-corrected chi connectivity index (χ1v) is 8.87. The van der Waals surface area contributed by atoms with Crippen LogP contribution in [0.4, 0.5) is 14.9 Å². The molecule has 0 radical (unpaired) electrons. The molecule has 2 aromatic rings. The second-order valence-electron chi connectivity index (χ2n) is 5.91. The summed E-state index contributed by atoms with van der Waals surface area (Å²) in [6, 6.07) is 12.8. The summed E-state index contributed by atoms with van der Waals surface area (Å²) in [6.45, 7) is 2.27. The first kappa shape index (κ1) is 17.0. The van der Waals surface area contributed by atoms with Crippen molar-refractivity contribution in [1.82, 2.24) is 0 Å². The summed E-state index contributed by atoms with van der Waals surface area (Å²) in [5.74, 6) is -0.304. The topological polar surface area (TPSA) is 29.5 Å². The van der Waals surface area contributed by atoms with Crippen LogP contribution in [0.25, 0.3) is 0 Å². The lowest BCUT2D eigenvalue weighted by Gasteiger charge is -2.36. The van der Waals surface area contributed by atoms with Gasteiger partial charge in [0.2, 0.25) is 0 Å². The quantitative estimate of drug-likeness (QED) is 0.695. The molecule has 1 aliphatic heterocycles. The van der Waals surface area contributed by atoms with Crippen LogP contribution in [0.15, 0.2) is 46.9 Å². The summed E-state index contributed by atoms with van der Waals surface area (Å²) < 4.78 is 19.7. The van der Waals surface area contributed by atoms with E-state index >= 15 is 0 Å². The van der Waals surface area contributed by atoms with Gasteiger partial charge >= 0.3 is 6.09 Å². The van der Waals surface area contributed by atoms with E-state index in [2.05, 4.69) is 15.9 Å². The van der Waals surface area contributed by atoms with Gasteiger partial charge < -0.3 is 4.74 Å². The number of ether oxygens (including phenoxy) is 1. The number of anilines is 1.